The van der Waals surface area contributed by atoms with Gasteiger partial charge in [-0.15, -0.1) is 11.3 Å². The first-order valence-corrected chi connectivity index (χ1v) is 5.02. The molecular formula is C9H9N3OS. The molecule has 1 N–H and O–H groups in total. The lowest BCUT2D eigenvalue weighted by Crippen LogP contribution is -1.88. The topological polar surface area (TPSA) is 58.9 Å². The largest absolute Gasteiger partial charge is 0.390 e. The molecule has 72 valence electrons. The van der Waals surface area contributed by atoms with E-state index in [1.807, 2.05) is 12.3 Å². The molecule has 2 aromatic heterocycles. The van der Waals surface area contributed by atoms with Gasteiger partial charge in [-0.2, -0.15) is 0 Å². The third-order valence-electron chi connectivity index (χ3n) is 1.71. The molecule has 0 atom stereocenters. The fraction of sp³-hybridized carbons (Fsp3) is 0.222. The van der Waals surface area contributed by atoms with Crippen molar-refractivity contribution < 1.29 is 5.11 Å². The normalized spacial score (nSPS) is 10.4. The van der Waals surface area contributed by atoms with Gasteiger partial charge in [0.25, 0.3) is 0 Å². The lowest BCUT2D eigenvalue weighted by atomic mass is 10.4. The van der Waals surface area contributed by atoms with Crippen molar-refractivity contribution in [1.29, 1.82) is 0 Å². The minimum Gasteiger partial charge on any atom is -0.390 e. The maximum Gasteiger partial charge on any atom is 0.143 e. The van der Waals surface area contributed by atoms with Crippen LogP contribution in [0.5, 0.6) is 0 Å². The molecule has 14 heavy (non-hydrogen) atoms. The number of aromatic nitrogens is 3. The second-order valence-electron chi connectivity index (χ2n) is 2.85. The van der Waals surface area contributed by atoms with Gasteiger partial charge in [0.15, 0.2) is 0 Å². The highest BCUT2D eigenvalue weighted by Gasteiger charge is 2.05. The third-order valence-corrected chi connectivity index (χ3v) is 2.63. The van der Waals surface area contributed by atoms with E-state index in [0.717, 1.165) is 16.4 Å². The molecule has 2 heterocycles. The highest BCUT2D eigenvalue weighted by atomic mass is 32.1. The van der Waals surface area contributed by atoms with Crippen LogP contribution in [-0.2, 0) is 6.61 Å². The third kappa shape index (κ3) is 1.78. The predicted molar refractivity (Wildman–Crippen MR) is 53.8 cm³/mol. The SMILES string of the molecule is Cc1cnc(-c2nc(CO)cs2)cn1. The zero-order chi connectivity index (χ0) is 9.97. The van der Waals surface area contributed by atoms with Gasteiger partial charge in [-0.3, -0.25) is 9.97 Å². The molecule has 0 aliphatic carbocycles. The van der Waals surface area contributed by atoms with Gasteiger partial charge >= 0.3 is 0 Å². The van der Waals surface area contributed by atoms with Crippen LogP contribution in [0.15, 0.2) is 17.8 Å². The zero-order valence-electron chi connectivity index (χ0n) is 7.64. The van der Waals surface area contributed by atoms with Crippen molar-refractivity contribution in [3.05, 3.63) is 29.2 Å². The van der Waals surface area contributed by atoms with Crippen LogP contribution < -0.4 is 0 Å². The smallest absolute Gasteiger partial charge is 0.143 e. The number of hydrogen-bond donors (Lipinski definition) is 1. The summed E-state index contributed by atoms with van der Waals surface area (Å²) in [4.78, 5) is 12.5. The summed E-state index contributed by atoms with van der Waals surface area (Å²) in [5.74, 6) is 0. The number of thiazole rings is 1. The van der Waals surface area contributed by atoms with Crippen LogP contribution >= 0.6 is 11.3 Å². The summed E-state index contributed by atoms with van der Waals surface area (Å²) in [6.45, 7) is 1.85. The molecule has 0 bridgehead atoms. The predicted octanol–water partition coefficient (Wildman–Crippen LogP) is 1.40. The molecular weight excluding hydrogens is 198 g/mol. The van der Waals surface area contributed by atoms with Crippen molar-refractivity contribution in [3.8, 4) is 10.7 Å². The molecule has 2 aromatic rings. The zero-order valence-corrected chi connectivity index (χ0v) is 8.45. The molecule has 0 unspecified atom stereocenters. The Morgan fingerprint density at radius 3 is 2.79 bits per heavy atom. The Balaban J connectivity index is 2.34. The van der Waals surface area contributed by atoms with Gasteiger partial charge in [0, 0.05) is 11.6 Å². The van der Waals surface area contributed by atoms with E-state index in [2.05, 4.69) is 15.0 Å². The van der Waals surface area contributed by atoms with Gasteiger partial charge in [-0.1, -0.05) is 0 Å². The number of aliphatic hydroxyl groups excluding tert-OH is 1. The second kappa shape index (κ2) is 3.81. The Hall–Kier alpha value is -1.33. The van der Waals surface area contributed by atoms with E-state index in [0.29, 0.717) is 5.69 Å². The van der Waals surface area contributed by atoms with Crippen LogP contribution in [0.1, 0.15) is 11.4 Å². The van der Waals surface area contributed by atoms with Crippen molar-refractivity contribution in [2.45, 2.75) is 13.5 Å². The van der Waals surface area contributed by atoms with Crippen molar-refractivity contribution in [3.63, 3.8) is 0 Å². The van der Waals surface area contributed by atoms with Crippen LogP contribution in [0.3, 0.4) is 0 Å². The molecule has 0 saturated heterocycles. The molecule has 0 aliphatic heterocycles. The minimum absolute atomic E-state index is 0.0320. The van der Waals surface area contributed by atoms with Gasteiger partial charge in [0.05, 0.1) is 24.2 Å². The molecule has 0 amide bonds. The van der Waals surface area contributed by atoms with Gasteiger partial charge < -0.3 is 5.11 Å². The molecule has 0 saturated carbocycles. The van der Waals surface area contributed by atoms with Crippen LogP contribution in [0.4, 0.5) is 0 Å². The Bertz CT molecular complexity index is 424. The van der Waals surface area contributed by atoms with E-state index >= 15 is 0 Å². The first kappa shape index (κ1) is 9.23. The summed E-state index contributed by atoms with van der Waals surface area (Å²) in [5, 5.41) is 11.5. The first-order valence-electron chi connectivity index (χ1n) is 4.14. The Morgan fingerprint density at radius 1 is 1.36 bits per heavy atom. The highest BCUT2D eigenvalue weighted by Crippen LogP contribution is 2.20. The number of aryl methyl sites for hydroxylation is 1. The summed E-state index contributed by atoms with van der Waals surface area (Å²) in [6, 6.07) is 0. The van der Waals surface area contributed by atoms with E-state index < -0.39 is 0 Å². The minimum atomic E-state index is -0.0320. The van der Waals surface area contributed by atoms with Gasteiger partial charge in [-0.25, -0.2) is 4.98 Å². The molecule has 0 radical (unpaired) electrons. The summed E-state index contributed by atoms with van der Waals surface area (Å²) >= 11 is 1.46. The number of nitrogens with zero attached hydrogens (tertiary/aromatic N) is 3. The number of rotatable bonds is 2. The molecule has 4 nitrogen and oxygen atoms in total. The molecule has 5 heteroatoms. The van der Waals surface area contributed by atoms with Crippen molar-refractivity contribution in [2.24, 2.45) is 0 Å². The average Bonchev–Trinajstić information content (AvgIpc) is 2.67. The van der Waals surface area contributed by atoms with E-state index in [1.165, 1.54) is 11.3 Å². The van der Waals surface area contributed by atoms with Crippen LogP contribution in [-0.4, -0.2) is 20.1 Å². The quantitative estimate of drug-likeness (QED) is 0.808. The summed E-state index contributed by atoms with van der Waals surface area (Å²) in [5.41, 5.74) is 2.31. The van der Waals surface area contributed by atoms with Crippen LogP contribution in [0, 0.1) is 6.92 Å². The summed E-state index contributed by atoms with van der Waals surface area (Å²) in [6.07, 6.45) is 3.39. The second-order valence-corrected chi connectivity index (χ2v) is 3.70. The van der Waals surface area contributed by atoms with Gasteiger partial charge in [0.1, 0.15) is 10.7 Å². The van der Waals surface area contributed by atoms with E-state index in [1.54, 1.807) is 12.4 Å². The van der Waals surface area contributed by atoms with Crippen molar-refractivity contribution >= 4 is 11.3 Å². The number of aliphatic hydroxyl groups is 1. The van der Waals surface area contributed by atoms with E-state index in [9.17, 15) is 0 Å². The lowest BCUT2D eigenvalue weighted by molar-refractivity contribution is 0.278. The van der Waals surface area contributed by atoms with Gasteiger partial charge in [-0.05, 0) is 6.92 Å². The van der Waals surface area contributed by atoms with Crippen molar-refractivity contribution in [1.82, 2.24) is 15.0 Å². The molecule has 2 rings (SSSR count). The maximum absolute atomic E-state index is 8.85. The van der Waals surface area contributed by atoms with Crippen LogP contribution in [0.2, 0.25) is 0 Å². The fourth-order valence-electron chi connectivity index (χ4n) is 1.00. The Labute approximate surface area is 85.3 Å². The molecule has 0 spiro atoms. The first-order chi connectivity index (χ1) is 6.79. The van der Waals surface area contributed by atoms with Gasteiger partial charge in [0.2, 0.25) is 0 Å². The molecule has 0 aromatic carbocycles. The molecule has 0 aliphatic rings. The summed E-state index contributed by atoms with van der Waals surface area (Å²) < 4.78 is 0. The monoisotopic (exact) mass is 207 g/mol. The average molecular weight is 207 g/mol. The highest BCUT2D eigenvalue weighted by molar-refractivity contribution is 7.13. The van der Waals surface area contributed by atoms with Crippen LogP contribution in [0.25, 0.3) is 10.7 Å². The Morgan fingerprint density at radius 2 is 2.21 bits per heavy atom. The maximum atomic E-state index is 8.85. The van der Waals surface area contributed by atoms with Crippen molar-refractivity contribution in [2.75, 3.05) is 0 Å². The fourth-order valence-corrected chi connectivity index (χ4v) is 1.77. The van der Waals surface area contributed by atoms with E-state index in [4.69, 9.17) is 5.11 Å². The Kier molecular flexibility index (Phi) is 2.51. The summed E-state index contributed by atoms with van der Waals surface area (Å²) in [7, 11) is 0. The standard InChI is InChI=1S/C9H9N3OS/c1-6-2-11-8(3-10-6)9-12-7(4-13)5-14-9/h2-3,5,13H,4H2,1H3. The lowest BCUT2D eigenvalue weighted by Gasteiger charge is -1.94. The molecule has 0 fully saturated rings. The van der Waals surface area contributed by atoms with E-state index in [-0.39, 0.29) is 6.61 Å². The number of hydrogen-bond acceptors (Lipinski definition) is 5.